The van der Waals surface area contributed by atoms with Gasteiger partial charge in [0.05, 0.1) is 14.2 Å². The van der Waals surface area contributed by atoms with Crippen LogP contribution in [0.4, 0.5) is 0 Å². The maximum absolute atomic E-state index is 12.2. The first-order valence-corrected chi connectivity index (χ1v) is 10.6. The van der Waals surface area contributed by atoms with Gasteiger partial charge in [0.15, 0.2) is 5.96 Å². The first kappa shape index (κ1) is 27.5. The molecule has 0 heterocycles. The fourth-order valence-corrected chi connectivity index (χ4v) is 3.00. The Balaban J connectivity index is 0.00000512. The maximum Gasteiger partial charge on any atom is 0.242 e. The fourth-order valence-electron chi connectivity index (χ4n) is 3.00. The van der Waals surface area contributed by atoms with Crippen LogP contribution in [-0.4, -0.2) is 45.7 Å². The third-order valence-electron chi connectivity index (χ3n) is 4.93. The number of aliphatic imine (C=N–C) groups is 1. The molecule has 0 saturated heterocycles. The number of amides is 1. The number of hydrogen-bond acceptors (Lipinski definition) is 4. The van der Waals surface area contributed by atoms with Crippen molar-refractivity contribution >= 4 is 35.8 Å². The molecule has 0 aliphatic carbocycles. The van der Waals surface area contributed by atoms with Gasteiger partial charge in [-0.2, -0.15) is 0 Å². The normalized spacial score (nSPS) is 11.7. The second-order valence-corrected chi connectivity index (χ2v) is 7.21. The minimum Gasteiger partial charge on any atom is -0.497 e. The summed E-state index contributed by atoms with van der Waals surface area (Å²) in [6, 6.07) is 15.8. The zero-order valence-electron chi connectivity index (χ0n) is 19.3. The molecule has 8 heteroatoms. The van der Waals surface area contributed by atoms with Crippen molar-refractivity contribution in [1.29, 1.82) is 0 Å². The molecule has 0 bridgehead atoms. The number of ether oxygens (including phenoxy) is 2. The molecule has 32 heavy (non-hydrogen) atoms. The smallest absolute Gasteiger partial charge is 0.242 e. The Kier molecular flexibility index (Phi) is 13.2. The van der Waals surface area contributed by atoms with Crippen LogP contribution in [0, 0.1) is 0 Å². The van der Waals surface area contributed by atoms with Crippen LogP contribution in [0.1, 0.15) is 37.3 Å². The highest BCUT2D eigenvalue weighted by molar-refractivity contribution is 14.0. The molecule has 1 amide bonds. The van der Waals surface area contributed by atoms with Gasteiger partial charge in [-0.3, -0.25) is 4.79 Å². The quantitative estimate of drug-likeness (QED) is 0.224. The summed E-state index contributed by atoms with van der Waals surface area (Å²) < 4.78 is 10.4. The van der Waals surface area contributed by atoms with Crippen molar-refractivity contribution in [3.63, 3.8) is 0 Å². The van der Waals surface area contributed by atoms with E-state index in [0.717, 1.165) is 36.6 Å². The van der Waals surface area contributed by atoms with Crippen LogP contribution in [-0.2, 0) is 11.3 Å². The zero-order chi connectivity index (χ0) is 22.5. The van der Waals surface area contributed by atoms with E-state index < -0.39 is 0 Å². The van der Waals surface area contributed by atoms with Crippen LogP contribution in [0.5, 0.6) is 11.5 Å². The van der Waals surface area contributed by atoms with E-state index in [1.807, 2.05) is 43.3 Å². The number of halogens is 1. The average molecular weight is 554 g/mol. The topological polar surface area (TPSA) is 84.0 Å². The fraction of sp³-hybridized carbons (Fsp3) is 0.417. The number of carbonyl (C=O) groups is 1. The zero-order valence-corrected chi connectivity index (χ0v) is 21.6. The third-order valence-corrected chi connectivity index (χ3v) is 4.93. The molecule has 176 valence electrons. The number of hydrogen-bond donors (Lipinski definition) is 3. The van der Waals surface area contributed by atoms with Gasteiger partial charge in [0.1, 0.15) is 18.0 Å². The summed E-state index contributed by atoms with van der Waals surface area (Å²) in [5.41, 5.74) is 2.28. The van der Waals surface area contributed by atoms with Gasteiger partial charge in [0, 0.05) is 19.6 Å². The van der Waals surface area contributed by atoms with E-state index in [-0.39, 0.29) is 36.4 Å². The van der Waals surface area contributed by atoms with Crippen LogP contribution in [0.15, 0.2) is 53.5 Å². The van der Waals surface area contributed by atoms with Crippen molar-refractivity contribution < 1.29 is 14.3 Å². The van der Waals surface area contributed by atoms with Gasteiger partial charge in [-0.15, -0.1) is 24.0 Å². The third kappa shape index (κ3) is 9.76. The molecule has 0 aromatic heterocycles. The van der Waals surface area contributed by atoms with Gasteiger partial charge in [0.25, 0.3) is 0 Å². The first-order chi connectivity index (χ1) is 15.0. The van der Waals surface area contributed by atoms with Crippen LogP contribution < -0.4 is 25.4 Å². The molecule has 1 unspecified atom stereocenters. The highest BCUT2D eigenvalue weighted by Crippen LogP contribution is 2.21. The lowest BCUT2D eigenvalue weighted by molar-refractivity contribution is -0.119. The monoisotopic (exact) mass is 554 g/mol. The number of benzene rings is 2. The van der Waals surface area contributed by atoms with Crippen molar-refractivity contribution in [3.05, 3.63) is 59.7 Å². The van der Waals surface area contributed by atoms with Crippen LogP contribution >= 0.6 is 24.0 Å². The summed E-state index contributed by atoms with van der Waals surface area (Å²) in [7, 11) is 3.30. The van der Waals surface area contributed by atoms with Crippen molar-refractivity contribution in [2.75, 3.05) is 33.9 Å². The molecule has 1 atom stereocenters. The Labute approximate surface area is 208 Å². The first-order valence-electron chi connectivity index (χ1n) is 10.6. The predicted octanol–water partition coefficient (Wildman–Crippen LogP) is 3.69. The molecule has 2 aromatic carbocycles. The summed E-state index contributed by atoms with van der Waals surface area (Å²) in [5.74, 6) is 2.57. The Morgan fingerprint density at radius 3 is 2.09 bits per heavy atom. The number of guanidine groups is 1. The number of methoxy groups -OCH3 is 2. The lowest BCUT2D eigenvalue weighted by Crippen LogP contribution is -2.39. The highest BCUT2D eigenvalue weighted by atomic mass is 127. The summed E-state index contributed by atoms with van der Waals surface area (Å²) >= 11 is 0. The van der Waals surface area contributed by atoms with E-state index in [9.17, 15) is 4.79 Å². The molecule has 7 nitrogen and oxygen atoms in total. The van der Waals surface area contributed by atoms with E-state index >= 15 is 0 Å². The molecule has 3 N–H and O–H groups in total. The lowest BCUT2D eigenvalue weighted by atomic mass is 9.98. The number of carbonyl (C=O) groups excluding carboxylic acids is 1. The SMILES string of the molecule is CCNC(=NCC(=O)NCc1ccc(OC)cc1)NCCC(C)c1ccc(OC)cc1.I. The maximum atomic E-state index is 12.2. The van der Waals surface area contributed by atoms with E-state index in [0.29, 0.717) is 18.4 Å². The molecular formula is C24H35IN4O3. The molecule has 2 rings (SSSR count). The van der Waals surface area contributed by atoms with Gasteiger partial charge in [-0.1, -0.05) is 31.2 Å². The molecular weight excluding hydrogens is 519 g/mol. The van der Waals surface area contributed by atoms with Crippen molar-refractivity contribution in [1.82, 2.24) is 16.0 Å². The number of nitrogens with one attached hydrogen (secondary N) is 3. The number of nitrogens with zero attached hydrogens (tertiary/aromatic N) is 1. The molecule has 0 spiro atoms. The summed E-state index contributed by atoms with van der Waals surface area (Å²) in [5, 5.41) is 9.37. The van der Waals surface area contributed by atoms with Crippen molar-refractivity contribution in [2.45, 2.75) is 32.7 Å². The second-order valence-electron chi connectivity index (χ2n) is 7.21. The van der Waals surface area contributed by atoms with Gasteiger partial charge < -0.3 is 25.4 Å². The predicted molar refractivity (Wildman–Crippen MR) is 140 cm³/mol. The molecule has 0 aliphatic heterocycles. The molecule has 0 aliphatic rings. The summed E-state index contributed by atoms with van der Waals surface area (Å²) in [4.78, 5) is 16.6. The Hall–Kier alpha value is -2.49. The minimum absolute atomic E-state index is 0. The van der Waals surface area contributed by atoms with Crippen LogP contribution in [0.2, 0.25) is 0 Å². The Morgan fingerprint density at radius 1 is 0.938 bits per heavy atom. The Morgan fingerprint density at radius 2 is 1.53 bits per heavy atom. The molecule has 0 radical (unpaired) electrons. The summed E-state index contributed by atoms with van der Waals surface area (Å²) in [6.45, 7) is 6.21. The van der Waals surface area contributed by atoms with Crippen LogP contribution in [0.3, 0.4) is 0 Å². The average Bonchev–Trinajstić information content (AvgIpc) is 2.81. The lowest BCUT2D eigenvalue weighted by Gasteiger charge is -2.15. The minimum atomic E-state index is -0.125. The van der Waals surface area contributed by atoms with Crippen molar-refractivity contribution in [2.24, 2.45) is 4.99 Å². The van der Waals surface area contributed by atoms with Crippen LogP contribution in [0.25, 0.3) is 0 Å². The van der Waals surface area contributed by atoms with Gasteiger partial charge >= 0.3 is 0 Å². The van der Waals surface area contributed by atoms with E-state index in [4.69, 9.17) is 9.47 Å². The molecule has 0 saturated carbocycles. The van der Waals surface area contributed by atoms with Crippen molar-refractivity contribution in [3.8, 4) is 11.5 Å². The molecule has 2 aromatic rings. The Bertz CT molecular complexity index is 826. The standard InChI is InChI=1S/C24H34N4O3.HI/c1-5-25-24(26-15-14-18(2)20-8-12-22(31-4)13-9-20)28-17-23(29)27-16-19-6-10-21(30-3)11-7-19;/h6-13,18H,5,14-17H2,1-4H3,(H,27,29)(H2,25,26,28);1H. The largest absolute Gasteiger partial charge is 0.497 e. The number of rotatable bonds is 11. The van der Waals surface area contributed by atoms with E-state index in [1.165, 1.54) is 5.56 Å². The highest BCUT2D eigenvalue weighted by Gasteiger charge is 2.07. The molecule has 0 fully saturated rings. The van der Waals surface area contributed by atoms with Gasteiger partial charge in [0.2, 0.25) is 5.91 Å². The van der Waals surface area contributed by atoms with Gasteiger partial charge in [-0.25, -0.2) is 4.99 Å². The summed E-state index contributed by atoms with van der Waals surface area (Å²) in [6.07, 6.45) is 0.945. The van der Waals surface area contributed by atoms with E-state index in [2.05, 4.69) is 40.0 Å². The second kappa shape index (κ2) is 15.3. The van der Waals surface area contributed by atoms with Gasteiger partial charge in [-0.05, 0) is 54.7 Å². The van der Waals surface area contributed by atoms with E-state index in [1.54, 1.807) is 14.2 Å².